The molecule has 0 atom stereocenters. The van der Waals surface area contributed by atoms with Crippen LogP contribution in [0, 0.1) is 10.1 Å². The lowest BCUT2D eigenvalue weighted by atomic mass is 10.1. The highest BCUT2D eigenvalue weighted by atomic mass is 32.2. The molecule has 0 bridgehead atoms. The second-order valence-corrected chi connectivity index (χ2v) is 7.59. The van der Waals surface area contributed by atoms with Crippen LogP contribution < -0.4 is 0 Å². The number of aliphatic imine (C=N–C) groups is 1. The Hall–Kier alpha value is -2.67. The standard InChI is InChI=1S/C21H23N3O3S/c25-20(17-10-12-19(13-11-17)24(26)27)16-28-21(22-18-8-4-3-5-9-18)23-14-6-1-2-7-15-23/h3-5,8-13H,1-2,6-7,14-16H2. The van der Waals surface area contributed by atoms with Gasteiger partial charge in [-0.25, -0.2) is 4.99 Å². The van der Waals surface area contributed by atoms with E-state index in [4.69, 9.17) is 4.99 Å². The van der Waals surface area contributed by atoms with Crippen molar-refractivity contribution in [1.82, 2.24) is 4.90 Å². The molecule has 0 N–H and O–H groups in total. The van der Waals surface area contributed by atoms with E-state index in [0.29, 0.717) is 5.56 Å². The molecule has 0 aliphatic carbocycles. The molecule has 0 radical (unpaired) electrons. The molecule has 1 fully saturated rings. The first kappa shape index (κ1) is 20.1. The Balaban J connectivity index is 1.72. The van der Waals surface area contributed by atoms with Crippen LogP contribution in [0.2, 0.25) is 0 Å². The van der Waals surface area contributed by atoms with E-state index < -0.39 is 4.92 Å². The smallest absolute Gasteiger partial charge is 0.269 e. The minimum absolute atomic E-state index is 0.0138. The van der Waals surface area contributed by atoms with Crippen LogP contribution in [0.4, 0.5) is 11.4 Å². The Labute approximate surface area is 168 Å². The van der Waals surface area contributed by atoms with Crippen LogP contribution in [0.15, 0.2) is 59.6 Å². The van der Waals surface area contributed by atoms with Gasteiger partial charge in [0.1, 0.15) is 0 Å². The summed E-state index contributed by atoms with van der Waals surface area (Å²) in [5.41, 5.74) is 1.34. The molecule has 7 heteroatoms. The normalized spacial score (nSPS) is 15.1. The first-order valence-electron chi connectivity index (χ1n) is 9.42. The van der Waals surface area contributed by atoms with E-state index in [2.05, 4.69) is 4.90 Å². The fraction of sp³-hybridized carbons (Fsp3) is 0.333. The van der Waals surface area contributed by atoms with Crippen molar-refractivity contribution in [2.24, 2.45) is 4.99 Å². The van der Waals surface area contributed by atoms with Gasteiger partial charge in [0.25, 0.3) is 5.69 Å². The van der Waals surface area contributed by atoms with Crippen molar-refractivity contribution in [2.75, 3.05) is 18.8 Å². The molecular weight excluding hydrogens is 374 g/mol. The number of Topliss-reactive ketones (excluding diaryl/α,β-unsaturated/α-hetero) is 1. The lowest BCUT2D eigenvalue weighted by Gasteiger charge is -2.23. The van der Waals surface area contributed by atoms with Gasteiger partial charge in [-0.15, -0.1) is 0 Å². The van der Waals surface area contributed by atoms with Crippen LogP contribution >= 0.6 is 11.8 Å². The summed E-state index contributed by atoms with van der Waals surface area (Å²) in [6, 6.07) is 15.5. The molecule has 0 saturated carbocycles. The first-order chi connectivity index (χ1) is 13.6. The van der Waals surface area contributed by atoms with Gasteiger partial charge in [-0.3, -0.25) is 14.9 Å². The number of benzene rings is 2. The minimum atomic E-state index is -0.465. The first-order valence-corrected chi connectivity index (χ1v) is 10.4. The van der Waals surface area contributed by atoms with E-state index in [-0.39, 0.29) is 17.2 Å². The minimum Gasteiger partial charge on any atom is -0.351 e. The molecule has 3 rings (SSSR count). The van der Waals surface area contributed by atoms with Gasteiger partial charge in [-0.1, -0.05) is 42.8 Å². The molecule has 0 unspecified atom stereocenters. The van der Waals surface area contributed by atoms with Crippen molar-refractivity contribution in [3.8, 4) is 0 Å². The number of nitrogens with zero attached hydrogens (tertiary/aromatic N) is 3. The number of non-ortho nitro benzene ring substituents is 1. The zero-order valence-corrected chi connectivity index (χ0v) is 16.4. The monoisotopic (exact) mass is 397 g/mol. The summed E-state index contributed by atoms with van der Waals surface area (Å²) in [5, 5.41) is 11.6. The molecule has 1 saturated heterocycles. The van der Waals surface area contributed by atoms with Gasteiger partial charge < -0.3 is 4.90 Å². The molecule has 6 nitrogen and oxygen atoms in total. The summed E-state index contributed by atoms with van der Waals surface area (Å²) in [5.74, 6) is 0.190. The van der Waals surface area contributed by atoms with E-state index in [1.54, 1.807) is 0 Å². The molecule has 0 aromatic heterocycles. The second-order valence-electron chi connectivity index (χ2n) is 6.65. The summed E-state index contributed by atoms with van der Waals surface area (Å²) < 4.78 is 0. The fourth-order valence-electron chi connectivity index (χ4n) is 3.05. The topological polar surface area (TPSA) is 75.8 Å². The SMILES string of the molecule is O=C(CSC(=Nc1ccccc1)N1CCCCCC1)c1ccc([N+](=O)[O-])cc1. The Morgan fingerprint density at radius 1 is 1.00 bits per heavy atom. The quantitative estimate of drug-likeness (QED) is 0.231. The van der Waals surface area contributed by atoms with Crippen LogP contribution in [0.3, 0.4) is 0 Å². The third kappa shape index (κ3) is 5.66. The number of rotatable bonds is 5. The number of hydrogen-bond donors (Lipinski definition) is 0. The maximum absolute atomic E-state index is 12.6. The van der Waals surface area contributed by atoms with Crippen molar-refractivity contribution in [2.45, 2.75) is 25.7 Å². The molecule has 1 aliphatic rings. The molecule has 28 heavy (non-hydrogen) atoms. The zero-order valence-electron chi connectivity index (χ0n) is 15.6. The Bertz CT molecular complexity index is 830. The molecule has 0 amide bonds. The van der Waals surface area contributed by atoms with Crippen molar-refractivity contribution in [3.63, 3.8) is 0 Å². The number of hydrogen-bond acceptors (Lipinski definition) is 5. The van der Waals surface area contributed by atoms with Crippen LogP contribution in [0.5, 0.6) is 0 Å². The molecule has 2 aromatic rings. The highest BCUT2D eigenvalue weighted by molar-refractivity contribution is 8.14. The summed E-state index contributed by atoms with van der Waals surface area (Å²) >= 11 is 1.44. The van der Waals surface area contributed by atoms with Gasteiger partial charge in [0, 0.05) is 30.8 Å². The number of thioether (sulfide) groups is 1. The summed E-state index contributed by atoms with van der Waals surface area (Å²) in [7, 11) is 0. The zero-order chi connectivity index (χ0) is 19.8. The highest BCUT2D eigenvalue weighted by Crippen LogP contribution is 2.22. The maximum atomic E-state index is 12.6. The summed E-state index contributed by atoms with van der Waals surface area (Å²) in [4.78, 5) is 29.9. The number of likely N-dealkylation sites (tertiary alicyclic amines) is 1. The third-order valence-electron chi connectivity index (χ3n) is 4.59. The molecule has 1 aliphatic heterocycles. The van der Waals surface area contributed by atoms with E-state index in [0.717, 1.165) is 36.8 Å². The van der Waals surface area contributed by atoms with Gasteiger partial charge in [0.05, 0.1) is 16.4 Å². The summed E-state index contributed by atoms with van der Waals surface area (Å²) in [6.07, 6.45) is 4.71. The van der Waals surface area contributed by atoms with E-state index in [1.807, 2.05) is 30.3 Å². The van der Waals surface area contributed by atoms with Crippen molar-refractivity contribution in [1.29, 1.82) is 0 Å². The lowest BCUT2D eigenvalue weighted by Crippen LogP contribution is -2.30. The average molecular weight is 398 g/mol. The number of ketones is 1. The van der Waals surface area contributed by atoms with Crippen LogP contribution in [-0.4, -0.2) is 39.6 Å². The number of nitro groups is 1. The van der Waals surface area contributed by atoms with Crippen LogP contribution in [-0.2, 0) is 0 Å². The van der Waals surface area contributed by atoms with Gasteiger partial charge >= 0.3 is 0 Å². The van der Waals surface area contributed by atoms with Gasteiger partial charge in [0.15, 0.2) is 11.0 Å². The molecule has 1 heterocycles. The van der Waals surface area contributed by atoms with Gasteiger partial charge in [0.2, 0.25) is 0 Å². The molecular formula is C21H23N3O3S. The number of nitro benzene ring substituents is 1. The number of amidine groups is 1. The van der Waals surface area contributed by atoms with Crippen LogP contribution in [0.1, 0.15) is 36.0 Å². The third-order valence-corrected chi connectivity index (χ3v) is 5.60. The van der Waals surface area contributed by atoms with Crippen molar-refractivity contribution >= 4 is 34.1 Å². The van der Waals surface area contributed by atoms with Gasteiger partial charge in [-0.05, 0) is 37.1 Å². The Kier molecular flexibility index (Phi) is 7.19. The number of carbonyl (C=O) groups is 1. The Morgan fingerprint density at radius 3 is 2.25 bits per heavy atom. The fourth-order valence-corrected chi connectivity index (χ4v) is 4.01. The second kappa shape index (κ2) is 10.0. The molecule has 146 valence electrons. The summed E-state index contributed by atoms with van der Waals surface area (Å²) in [6.45, 7) is 1.90. The van der Waals surface area contributed by atoms with Crippen molar-refractivity contribution < 1.29 is 9.72 Å². The molecule has 2 aromatic carbocycles. The maximum Gasteiger partial charge on any atom is 0.269 e. The predicted molar refractivity (Wildman–Crippen MR) is 113 cm³/mol. The highest BCUT2D eigenvalue weighted by Gasteiger charge is 2.17. The largest absolute Gasteiger partial charge is 0.351 e. The lowest BCUT2D eigenvalue weighted by molar-refractivity contribution is -0.384. The van der Waals surface area contributed by atoms with Crippen LogP contribution in [0.25, 0.3) is 0 Å². The number of carbonyl (C=O) groups excluding carboxylic acids is 1. The van der Waals surface area contributed by atoms with Crippen molar-refractivity contribution in [3.05, 3.63) is 70.3 Å². The Morgan fingerprint density at radius 2 is 1.64 bits per heavy atom. The van der Waals surface area contributed by atoms with E-state index >= 15 is 0 Å². The predicted octanol–water partition coefficient (Wildman–Crippen LogP) is 5.07. The van der Waals surface area contributed by atoms with E-state index in [9.17, 15) is 14.9 Å². The number of para-hydroxylation sites is 1. The van der Waals surface area contributed by atoms with Gasteiger partial charge in [-0.2, -0.15) is 0 Å². The van der Waals surface area contributed by atoms with E-state index in [1.165, 1.54) is 48.9 Å². The average Bonchev–Trinajstić information content (AvgIpc) is 3.01. The molecule has 0 spiro atoms.